The average molecular weight is 419 g/mol. The first-order valence-electron chi connectivity index (χ1n) is 10.3. The van der Waals surface area contributed by atoms with Gasteiger partial charge in [0.05, 0.1) is 24.5 Å². The summed E-state index contributed by atoms with van der Waals surface area (Å²) in [6, 6.07) is 8.25. The zero-order chi connectivity index (χ0) is 20.8. The molecular formula is C19H21N11O. The fourth-order valence-corrected chi connectivity index (χ4v) is 3.90. The van der Waals surface area contributed by atoms with Crippen LogP contribution in [0.3, 0.4) is 0 Å². The summed E-state index contributed by atoms with van der Waals surface area (Å²) < 4.78 is 11.2. The third-order valence-electron chi connectivity index (χ3n) is 5.67. The Kier molecular flexibility index (Phi) is 4.23. The SMILES string of the molecule is Cn1nnnc1C(Nc1ccc(-c2nnc3n2CCOC3)cc1)c1cnnn1C1CC1. The molecule has 6 rings (SSSR count). The topological polar surface area (TPSA) is 126 Å². The fraction of sp³-hybridized carbons (Fsp3) is 0.421. The molecule has 2 aliphatic rings. The highest BCUT2D eigenvalue weighted by Gasteiger charge is 2.32. The van der Waals surface area contributed by atoms with Crippen LogP contribution in [0.1, 0.15) is 42.3 Å². The van der Waals surface area contributed by atoms with E-state index < -0.39 is 0 Å². The van der Waals surface area contributed by atoms with Crippen LogP contribution in [-0.2, 0) is 24.9 Å². The molecular weight excluding hydrogens is 398 g/mol. The fourth-order valence-electron chi connectivity index (χ4n) is 3.90. The normalized spacial score (nSPS) is 16.8. The standard InChI is InChI=1S/C19H21N11O/c1-28-19(24-25-27-28)17(15-10-20-26-30(15)14-6-7-14)21-13-4-2-12(3-5-13)18-23-22-16-11-31-9-8-29(16)18/h2-5,10,14,17,21H,6-9,11H2,1H3. The largest absolute Gasteiger partial charge is 0.372 e. The molecule has 1 unspecified atom stereocenters. The van der Waals surface area contributed by atoms with Gasteiger partial charge in [0.1, 0.15) is 12.6 Å². The Balaban J connectivity index is 1.31. The van der Waals surface area contributed by atoms with Crippen LogP contribution in [0.2, 0.25) is 0 Å². The molecule has 3 aromatic heterocycles. The molecule has 0 saturated heterocycles. The van der Waals surface area contributed by atoms with Crippen molar-refractivity contribution in [2.24, 2.45) is 7.05 Å². The minimum absolute atomic E-state index is 0.278. The third kappa shape index (κ3) is 3.24. The number of rotatable bonds is 6. The molecule has 1 N–H and O–H groups in total. The summed E-state index contributed by atoms with van der Waals surface area (Å²) in [6.45, 7) is 1.94. The summed E-state index contributed by atoms with van der Waals surface area (Å²) in [6.07, 6.45) is 4.01. The number of anilines is 1. The molecule has 0 bridgehead atoms. The molecule has 1 fully saturated rings. The first-order chi connectivity index (χ1) is 15.3. The van der Waals surface area contributed by atoms with Gasteiger partial charge in [-0.2, -0.15) is 0 Å². The van der Waals surface area contributed by atoms with Crippen molar-refractivity contribution in [2.75, 3.05) is 11.9 Å². The Bertz CT molecular complexity index is 1200. The van der Waals surface area contributed by atoms with E-state index in [1.165, 1.54) is 0 Å². The van der Waals surface area contributed by atoms with E-state index in [-0.39, 0.29) is 6.04 Å². The van der Waals surface area contributed by atoms with Crippen LogP contribution in [-0.4, -0.2) is 56.6 Å². The summed E-state index contributed by atoms with van der Waals surface area (Å²) in [7, 11) is 1.83. The summed E-state index contributed by atoms with van der Waals surface area (Å²) in [5, 5.41) is 32.6. The molecule has 1 aliphatic heterocycles. The van der Waals surface area contributed by atoms with E-state index in [2.05, 4.69) is 45.9 Å². The van der Waals surface area contributed by atoms with E-state index in [1.54, 1.807) is 10.9 Å². The van der Waals surface area contributed by atoms with E-state index in [4.69, 9.17) is 4.74 Å². The lowest BCUT2D eigenvalue weighted by Crippen LogP contribution is -2.21. The lowest BCUT2D eigenvalue weighted by molar-refractivity contribution is 0.0821. The lowest BCUT2D eigenvalue weighted by atomic mass is 10.1. The van der Waals surface area contributed by atoms with Crippen LogP contribution in [0.15, 0.2) is 30.5 Å². The van der Waals surface area contributed by atoms with E-state index in [0.29, 0.717) is 25.1 Å². The third-order valence-corrected chi connectivity index (χ3v) is 5.67. The van der Waals surface area contributed by atoms with Gasteiger partial charge in [-0.15, -0.1) is 20.4 Å². The zero-order valence-electron chi connectivity index (χ0n) is 17.0. The van der Waals surface area contributed by atoms with Gasteiger partial charge in [-0.05, 0) is 47.5 Å². The highest BCUT2D eigenvalue weighted by Crippen LogP contribution is 2.37. The Morgan fingerprint density at radius 3 is 2.74 bits per heavy atom. The maximum Gasteiger partial charge on any atom is 0.179 e. The summed E-state index contributed by atoms with van der Waals surface area (Å²) in [5.41, 5.74) is 2.88. The van der Waals surface area contributed by atoms with Crippen LogP contribution < -0.4 is 5.32 Å². The summed E-state index contributed by atoms with van der Waals surface area (Å²) >= 11 is 0. The van der Waals surface area contributed by atoms with Crippen molar-refractivity contribution in [3.63, 3.8) is 0 Å². The average Bonchev–Trinajstić information content (AvgIpc) is 3.18. The maximum atomic E-state index is 5.46. The van der Waals surface area contributed by atoms with Crippen molar-refractivity contribution in [3.05, 3.63) is 47.8 Å². The zero-order valence-corrected chi connectivity index (χ0v) is 17.0. The van der Waals surface area contributed by atoms with Crippen molar-refractivity contribution in [2.45, 2.75) is 38.1 Å². The second-order valence-electron chi connectivity index (χ2n) is 7.79. The van der Waals surface area contributed by atoms with Crippen molar-refractivity contribution in [1.29, 1.82) is 0 Å². The van der Waals surface area contributed by atoms with Gasteiger partial charge in [0.15, 0.2) is 17.5 Å². The van der Waals surface area contributed by atoms with Crippen molar-refractivity contribution in [3.8, 4) is 11.4 Å². The molecule has 1 aliphatic carbocycles. The number of fused-ring (bicyclic) bond motifs is 1. The molecule has 158 valence electrons. The molecule has 12 nitrogen and oxygen atoms in total. The number of hydrogen-bond donors (Lipinski definition) is 1. The number of nitrogens with one attached hydrogen (secondary N) is 1. The first-order valence-corrected chi connectivity index (χ1v) is 10.3. The molecule has 31 heavy (non-hydrogen) atoms. The predicted octanol–water partition coefficient (Wildman–Crippen LogP) is 1.13. The molecule has 1 aromatic carbocycles. The number of tetrazole rings is 1. The van der Waals surface area contributed by atoms with Crippen molar-refractivity contribution >= 4 is 5.69 Å². The Labute approximate surface area is 177 Å². The van der Waals surface area contributed by atoms with Gasteiger partial charge < -0.3 is 14.6 Å². The predicted molar refractivity (Wildman–Crippen MR) is 108 cm³/mol. The van der Waals surface area contributed by atoms with Crippen LogP contribution in [0, 0.1) is 0 Å². The van der Waals surface area contributed by atoms with Gasteiger partial charge in [0.25, 0.3) is 0 Å². The monoisotopic (exact) mass is 419 g/mol. The molecule has 12 heteroatoms. The molecule has 0 radical (unpaired) electrons. The highest BCUT2D eigenvalue weighted by molar-refractivity contribution is 5.60. The van der Waals surface area contributed by atoms with Crippen molar-refractivity contribution < 1.29 is 4.74 Å². The van der Waals surface area contributed by atoms with Crippen LogP contribution in [0.4, 0.5) is 5.69 Å². The van der Waals surface area contributed by atoms with Gasteiger partial charge in [0.2, 0.25) is 0 Å². The van der Waals surface area contributed by atoms with Gasteiger partial charge in [0, 0.05) is 24.8 Å². The molecule has 1 atom stereocenters. The molecule has 4 heterocycles. The van der Waals surface area contributed by atoms with E-state index in [0.717, 1.165) is 48.0 Å². The van der Waals surface area contributed by atoms with Crippen LogP contribution in [0.25, 0.3) is 11.4 Å². The Morgan fingerprint density at radius 1 is 1.10 bits per heavy atom. The number of nitrogens with zero attached hydrogens (tertiary/aromatic N) is 10. The first kappa shape index (κ1) is 18.1. The molecule has 1 saturated carbocycles. The van der Waals surface area contributed by atoms with Crippen LogP contribution >= 0.6 is 0 Å². The number of aromatic nitrogens is 10. The molecule has 0 spiro atoms. The Hall–Kier alpha value is -3.67. The second-order valence-corrected chi connectivity index (χ2v) is 7.79. The van der Waals surface area contributed by atoms with E-state index in [9.17, 15) is 0 Å². The van der Waals surface area contributed by atoms with E-state index in [1.807, 2.05) is 36.0 Å². The van der Waals surface area contributed by atoms with Crippen LogP contribution in [0.5, 0.6) is 0 Å². The van der Waals surface area contributed by atoms with Gasteiger partial charge in [-0.3, -0.25) is 0 Å². The quantitative estimate of drug-likeness (QED) is 0.489. The number of ether oxygens (including phenoxy) is 1. The Morgan fingerprint density at radius 2 is 1.97 bits per heavy atom. The van der Waals surface area contributed by atoms with Gasteiger partial charge in [-0.1, -0.05) is 5.21 Å². The summed E-state index contributed by atoms with van der Waals surface area (Å²) in [4.78, 5) is 0. The minimum Gasteiger partial charge on any atom is -0.372 e. The molecule has 0 amide bonds. The lowest BCUT2D eigenvalue weighted by Gasteiger charge is -2.19. The number of benzene rings is 1. The highest BCUT2D eigenvalue weighted by atomic mass is 16.5. The summed E-state index contributed by atoms with van der Waals surface area (Å²) in [5.74, 6) is 2.41. The van der Waals surface area contributed by atoms with Gasteiger partial charge >= 0.3 is 0 Å². The minimum atomic E-state index is -0.278. The number of hydrogen-bond acceptors (Lipinski definition) is 9. The second kappa shape index (κ2) is 7.23. The maximum absolute atomic E-state index is 5.46. The smallest absolute Gasteiger partial charge is 0.179 e. The van der Waals surface area contributed by atoms with Gasteiger partial charge in [-0.25, -0.2) is 9.36 Å². The van der Waals surface area contributed by atoms with Crippen molar-refractivity contribution in [1.82, 2.24) is 50.0 Å². The van der Waals surface area contributed by atoms with E-state index >= 15 is 0 Å². The molecule has 4 aromatic rings. The number of aryl methyl sites for hydroxylation is 1.